The average molecular weight is 176 g/mol. The van der Waals surface area contributed by atoms with Crippen LogP contribution >= 0.6 is 12.2 Å². The fourth-order valence-corrected chi connectivity index (χ4v) is 0.914. The molecule has 0 unspecified atom stereocenters. The molecule has 0 amide bonds. The highest BCUT2D eigenvalue weighted by atomic mass is 32.1. The molecule has 0 heterocycles. The van der Waals surface area contributed by atoms with Crippen LogP contribution in [0, 0.1) is 18.3 Å². The third-order valence-corrected chi connectivity index (χ3v) is 1.60. The Kier molecular flexibility index (Phi) is 2.78. The zero-order valence-corrected chi connectivity index (χ0v) is 7.48. The first kappa shape index (κ1) is 8.69. The summed E-state index contributed by atoms with van der Waals surface area (Å²) < 4.78 is 0. The fraction of sp³-hybridized carbons (Fsp3) is 0.111. The molecular formula is C9H8N2S. The predicted molar refractivity (Wildman–Crippen MR) is 53.0 cm³/mol. The van der Waals surface area contributed by atoms with E-state index >= 15 is 0 Å². The molecule has 0 atom stereocenters. The zero-order chi connectivity index (χ0) is 8.97. The van der Waals surface area contributed by atoms with Crippen LogP contribution in [0.15, 0.2) is 24.3 Å². The number of hydrogen-bond acceptors (Lipinski definition) is 2. The molecule has 0 aliphatic rings. The maximum absolute atomic E-state index is 8.40. The van der Waals surface area contributed by atoms with Crippen molar-refractivity contribution >= 4 is 22.9 Å². The molecule has 2 nitrogen and oxygen atoms in total. The third-order valence-electron chi connectivity index (χ3n) is 1.41. The molecule has 0 aliphatic heterocycles. The van der Waals surface area contributed by atoms with Gasteiger partial charge in [-0.05, 0) is 31.3 Å². The van der Waals surface area contributed by atoms with Crippen LogP contribution in [0.3, 0.4) is 0 Å². The number of nitrogens with zero attached hydrogens (tertiary/aromatic N) is 1. The smallest absolute Gasteiger partial charge is 0.182 e. The van der Waals surface area contributed by atoms with E-state index in [1.807, 2.05) is 37.3 Å². The molecule has 0 bridgehead atoms. The van der Waals surface area contributed by atoms with E-state index in [1.54, 1.807) is 0 Å². The highest BCUT2D eigenvalue weighted by molar-refractivity contribution is 7.81. The molecule has 1 aromatic carbocycles. The van der Waals surface area contributed by atoms with Gasteiger partial charge in [-0.2, -0.15) is 5.26 Å². The molecule has 0 aromatic heterocycles. The van der Waals surface area contributed by atoms with Crippen LogP contribution in [-0.4, -0.2) is 4.99 Å². The molecule has 1 aromatic rings. The Hall–Kier alpha value is -1.40. The minimum absolute atomic E-state index is 0.193. The third kappa shape index (κ3) is 2.33. The van der Waals surface area contributed by atoms with Crippen molar-refractivity contribution in [2.24, 2.45) is 0 Å². The van der Waals surface area contributed by atoms with E-state index in [0.717, 1.165) is 5.69 Å². The van der Waals surface area contributed by atoms with Crippen LogP contribution in [0.5, 0.6) is 0 Å². The first-order valence-corrected chi connectivity index (χ1v) is 3.91. The van der Waals surface area contributed by atoms with Gasteiger partial charge in [0.15, 0.2) is 4.99 Å². The van der Waals surface area contributed by atoms with Crippen molar-refractivity contribution in [1.29, 1.82) is 5.26 Å². The van der Waals surface area contributed by atoms with E-state index in [-0.39, 0.29) is 4.99 Å². The SMILES string of the molecule is Cc1ccc(NC(=S)C#N)cc1. The Morgan fingerprint density at radius 1 is 1.42 bits per heavy atom. The fourth-order valence-electron chi connectivity index (χ4n) is 0.796. The van der Waals surface area contributed by atoms with Gasteiger partial charge in [-0.15, -0.1) is 0 Å². The minimum Gasteiger partial charge on any atom is -0.338 e. The van der Waals surface area contributed by atoms with Crippen LogP contribution < -0.4 is 5.32 Å². The number of hydrogen-bond donors (Lipinski definition) is 1. The molecule has 1 N–H and O–H groups in total. The summed E-state index contributed by atoms with van der Waals surface area (Å²) in [6.45, 7) is 2.01. The van der Waals surface area contributed by atoms with E-state index < -0.39 is 0 Å². The Morgan fingerprint density at radius 2 is 2.00 bits per heavy atom. The maximum Gasteiger partial charge on any atom is 0.182 e. The summed E-state index contributed by atoms with van der Waals surface area (Å²) in [6.07, 6.45) is 0. The molecule has 0 aliphatic carbocycles. The molecule has 0 radical (unpaired) electrons. The molecule has 0 saturated heterocycles. The summed E-state index contributed by atoms with van der Waals surface area (Å²) in [5.74, 6) is 0. The Bertz CT molecular complexity index is 321. The van der Waals surface area contributed by atoms with Crippen molar-refractivity contribution in [1.82, 2.24) is 0 Å². The van der Waals surface area contributed by atoms with Gasteiger partial charge >= 0.3 is 0 Å². The van der Waals surface area contributed by atoms with E-state index in [9.17, 15) is 0 Å². The number of nitriles is 1. The molecule has 12 heavy (non-hydrogen) atoms. The summed E-state index contributed by atoms with van der Waals surface area (Å²) in [5, 5.41) is 11.2. The van der Waals surface area contributed by atoms with Crippen LogP contribution in [-0.2, 0) is 0 Å². The lowest BCUT2D eigenvalue weighted by Gasteiger charge is -2.01. The molecular weight excluding hydrogens is 168 g/mol. The Morgan fingerprint density at radius 3 is 2.50 bits per heavy atom. The van der Waals surface area contributed by atoms with Gasteiger partial charge < -0.3 is 5.32 Å². The number of nitrogens with one attached hydrogen (secondary N) is 1. The lowest BCUT2D eigenvalue weighted by molar-refractivity contribution is 1.47. The molecule has 60 valence electrons. The van der Waals surface area contributed by atoms with Crippen molar-refractivity contribution in [3.63, 3.8) is 0 Å². The van der Waals surface area contributed by atoms with Gasteiger partial charge in [0.25, 0.3) is 0 Å². The van der Waals surface area contributed by atoms with Gasteiger partial charge in [0.05, 0.1) is 0 Å². The van der Waals surface area contributed by atoms with E-state index in [4.69, 9.17) is 17.5 Å². The lowest BCUT2D eigenvalue weighted by atomic mass is 10.2. The second-order valence-electron chi connectivity index (χ2n) is 2.43. The van der Waals surface area contributed by atoms with Gasteiger partial charge in [-0.1, -0.05) is 17.7 Å². The first-order valence-electron chi connectivity index (χ1n) is 3.50. The van der Waals surface area contributed by atoms with Crippen LogP contribution in [0.2, 0.25) is 0 Å². The Balaban J connectivity index is 2.73. The van der Waals surface area contributed by atoms with Crippen molar-refractivity contribution in [2.45, 2.75) is 6.92 Å². The second kappa shape index (κ2) is 3.84. The van der Waals surface area contributed by atoms with Crippen LogP contribution in [0.4, 0.5) is 5.69 Å². The largest absolute Gasteiger partial charge is 0.338 e. The highest BCUT2D eigenvalue weighted by Crippen LogP contribution is 2.08. The highest BCUT2D eigenvalue weighted by Gasteiger charge is 1.93. The van der Waals surface area contributed by atoms with Crippen molar-refractivity contribution in [2.75, 3.05) is 5.32 Å². The van der Waals surface area contributed by atoms with Crippen molar-refractivity contribution in [3.05, 3.63) is 29.8 Å². The minimum atomic E-state index is 0.193. The van der Waals surface area contributed by atoms with Gasteiger partial charge in [-0.3, -0.25) is 0 Å². The predicted octanol–water partition coefficient (Wildman–Crippen LogP) is 2.26. The molecule has 3 heteroatoms. The van der Waals surface area contributed by atoms with Gasteiger partial charge in [-0.25, -0.2) is 0 Å². The molecule has 0 spiro atoms. The number of thiocarbonyl (C=S) groups is 1. The number of anilines is 1. The Labute approximate surface area is 76.8 Å². The summed E-state index contributed by atoms with van der Waals surface area (Å²) in [7, 11) is 0. The van der Waals surface area contributed by atoms with E-state index in [0.29, 0.717) is 0 Å². The van der Waals surface area contributed by atoms with Crippen LogP contribution in [0.25, 0.3) is 0 Å². The second-order valence-corrected chi connectivity index (χ2v) is 2.84. The van der Waals surface area contributed by atoms with Crippen molar-refractivity contribution < 1.29 is 0 Å². The van der Waals surface area contributed by atoms with Crippen molar-refractivity contribution in [3.8, 4) is 6.07 Å². The number of benzene rings is 1. The normalized spacial score (nSPS) is 8.67. The number of aryl methyl sites for hydroxylation is 1. The lowest BCUT2D eigenvalue weighted by Crippen LogP contribution is -2.04. The summed E-state index contributed by atoms with van der Waals surface area (Å²) >= 11 is 4.70. The quantitative estimate of drug-likeness (QED) is 0.667. The topological polar surface area (TPSA) is 35.8 Å². The van der Waals surface area contributed by atoms with Gasteiger partial charge in [0.1, 0.15) is 6.07 Å². The summed E-state index contributed by atoms with van der Waals surface area (Å²) in [6, 6.07) is 9.55. The van der Waals surface area contributed by atoms with Gasteiger partial charge in [0, 0.05) is 5.69 Å². The molecule has 1 rings (SSSR count). The van der Waals surface area contributed by atoms with Gasteiger partial charge in [0.2, 0.25) is 0 Å². The molecule has 0 saturated carbocycles. The average Bonchev–Trinajstić information content (AvgIpc) is 2.09. The first-order chi connectivity index (χ1) is 5.72. The zero-order valence-electron chi connectivity index (χ0n) is 6.66. The monoisotopic (exact) mass is 176 g/mol. The van der Waals surface area contributed by atoms with E-state index in [1.165, 1.54) is 5.56 Å². The van der Waals surface area contributed by atoms with Crippen LogP contribution in [0.1, 0.15) is 5.56 Å². The summed E-state index contributed by atoms with van der Waals surface area (Å²) in [4.78, 5) is 0.193. The summed E-state index contributed by atoms with van der Waals surface area (Å²) in [5.41, 5.74) is 2.04. The van der Waals surface area contributed by atoms with E-state index in [2.05, 4.69) is 5.32 Å². The standard InChI is InChI=1S/C9H8N2S/c1-7-2-4-8(5-3-7)11-9(12)6-10/h2-5H,1H3,(H,11,12). The molecule has 0 fully saturated rings. The maximum atomic E-state index is 8.40. The number of rotatable bonds is 1.